The minimum atomic E-state index is 0.108. The predicted molar refractivity (Wildman–Crippen MR) is 75.5 cm³/mol. The third-order valence-corrected chi connectivity index (χ3v) is 4.66. The fourth-order valence-electron chi connectivity index (χ4n) is 2.11. The largest absolute Gasteiger partial charge is 0.409 e. The minimum Gasteiger partial charge on any atom is -0.409 e. The molecule has 18 heavy (non-hydrogen) atoms. The smallest absolute Gasteiger partial charge is 0.173 e. The summed E-state index contributed by atoms with van der Waals surface area (Å²) in [6.45, 7) is 5.33. The van der Waals surface area contributed by atoms with Gasteiger partial charge in [0.2, 0.25) is 0 Å². The van der Waals surface area contributed by atoms with Crippen LogP contribution in [0.15, 0.2) is 23.5 Å². The number of aromatic nitrogens is 1. The molecule has 1 aliphatic heterocycles. The van der Waals surface area contributed by atoms with E-state index in [2.05, 4.69) is 28.9 Å². The van der Waals surface area contributed by atoms with E-state index in [4.69, 9.17) is 10.9 Å². The Morgan fingerprint density at radius 2 is 2.39 bits per heavy atom. The Balaban J connectivity index is 2.38. The lowest BCUT2D eigenvalue weighted by atomic mass is 10.1. The monoisotopic (exact) mass is 266 g/mol. The summed E-state index contributed by atoms with van der Waals surface area (Å²) in [6, 6.07) is 4.00. The number of nitrogens with zero attached hydrogens (tertiary/aromatic N) is 3. The molecule has 0 aromatic carbocycles. The standard InChI is InChI=1S/C12H18N4OS/c1-8-9(2)18-7-6-16(8)12-10(11(13)15-17)4-3-5-14-12/h3-5,8-9,17H,6-7H2,1-2H3,(H2,13,15). The van der Waals surface area contributed by atoms with Crippen molar-refractivity contribution in [3.63, 3.8) is 0 Å². The molecule has 6 heteroatoms. The first kappa shape index (κ1) is 13.0. The molecule has 0 bridgehead atoms. The average Bonchev–Trinajstić information content (AvgIpc) is 2.41. The van der Waals surface area contributed by atoms with E-state index in [0.717, 1.165) is 18.1 Å². The van der Waals surface area contributed by atoms with E-state index in [1.807, 2.05) is 17.8 Å². The highest BCUT2D eigenvalue weighted by atomic mass is 32.2. The van der Waals surface area contributed by atoms with Crippen LogP contribution in [0.2, 0.25) is 0 Å². The van der Waals surface area contributed by atoms with Gasteiger partial charge in [0.15, 0.2) is 5.84 Å². The fraction of sp³-hybridized carbons (Fsp3) is 0.500. The normalized spacial score (nSPS) is 25.2. The zero-order chi connectivity index (χ0) is 13.1. The maximum absolute atomic E-state index is 8.84. The predicted octanol–water partition coefficient (Wildman–Crippen LogP) is 1.51. The highest BCUT2D eigenvalue weighted by Gasteiger charge is 2.28. The molecule has 0 saturated carbocycles. The summed E-state index contributed by atoms with van der Waals surface area (Å²) in [7, 11) is 0. The Bertz CT molecular complexity index is 451. The van der Waals surface area contributed by atoms with E-state index in [1.54, 1.807) is 12.3 Å². The van der Waals surface area contributed by atoms with Gasteiger partial charge < -0.3 is 15.8 Å². The molecule has 3 N–H and O–H groups in total. The average molecular weight is 266 g/mol. The van der Waals surface area contributed by atoms with Crippen LogP contribution in [-0.2, 0) is 0 Å². The van der Waals surface area contributed by atoms with Crippen LogP contribution in [0.5, 0.6) is 0 Å². The van der Waals surface area contributed by atoms with Gasteiger partial charge in [-0.1, -0.05) is 12.1 Å². The van der Waals surface area contributed by atoms with Crippen molar-refractivity contribution in [3.8, 4) is 0 Å². The van der Waals surface area contributed by atoms with Gasteiger partial charge in [-0.25, -0.2) is 4.98 Å². The van der Waals surface area contributed by atoms with Crippen molar-refractivity contribution in [1.82, 2.24) is 4.98 Å². The topological polar surface area (TPSA) is 74.7 Å². The summed E-state index contributed by atoms with van der Waals surface area (Å²) in [4.78, 5) is 6.63. The van der Waals surface area contributed by atoms with Crippen molar-refractivity contribution in [3.05, 3.63) is 23.9 Å². The lowest BCUT2D eigenvalue weighted by molar-refractivity contribution is 0.318. The number of hydrogen-bond donors (Lipinski definition) is 2. The van der Waals surface area contributed by atoms with Gasteiger partial charge in [-0.05, 0) is 19.1 Å². The second-order valence-electron chi connectivity index (χ2n) is 4.37. The van der Waals surface area contributed by atoms with Crippen molar-refractivity contribution in [1.29, 1.82) is 0 Å². The van der Waals surface area contributed by atoms with Crippen molar-refractivity contribution in [2.45, 2.75) is 25.1 Å². The maximum atomic E-state index is 8.84. The number of anilines is 1. The third kappa shape index (κ3) is 2.38. The van der Waals surface area contributed by atoms with Crippen molar-refractivity contribution in [2.75, 3.05) is 17.2 Å². The van der Waals surface area contributed by atoms with Crippen LogP contribution < -0.4 is 10.6 Å². The van der Waals surface area contributed by atoms with E-state index >= 15 is 0 Å². The summed E-state index contributed by atoms with van der Waals surface area (Å²) >= 11 is 1.96. The summed E-state index contributed by atoms with van der Waals surface area (Å²) < 4.78 is 0. The molecule has 1 fully saturated rings. The number of rotatable bonds is 2. The Morgan fingerprint density at radius 1 is 1.61 bits per heavy atom. The van der Waals surface area contributed by atoms with Gasteiger partial charge >= 0.3 is 0 Å². The first-order valence-electron chi connectivity index (χ1n) is 5.96. The van der Waals surface area contributed by atoms with E-state index in [-0.39, 0.29) is 5.84 Å². The van der Waals surface area contributed by atoms with Gasteiger partial charge in [-0.15, -0.1) is 0 Å². The van der Waals surface area contributed by atoms with E-state index in [0.29, 0.717) is 16.9 Å². The fourth-order valence-corrected chi connectivity index (χ4v) is 3.21. The molecule has 2 heterocycles. The Morgan fingerprint density at radius 3 is 3.11 bits per heavy atom. The molecular formula is C12H18N4OS. The maximum Gasteiger partial charge on any atom is 0.173 e. The summed E-state index contributed by atoms with van der Waals surface area (Å²) in [5.74, 6) is 1.97. The number of thioether (sulfide) groups is 1. The lowest BCUT2D eigenvalue weighted by Gasteiger charge is -2.39. The zero-order valence-corrected chi connectivity index (χ0v) is 11.4. The second-order valence-corrected chi connectivity index (χ2v) is 5.85. The molecule has 98 valence electrons. The van der Waals surface area contributed by atoms with Gasteiger partial charge in [0.25, 0.3) is 0 Å². The van der Waals surface area contributed by atoms with E-state index in [1.165, 1.54) is 0 Å². The number of hydrogen-bond acceptors (Lipinski definition) is 5. The zero-order valence-electron chi connectivity index (χ0n) is 10.6. The number of amidine groups is 1. The van der Waals surface area contributed by atoms with Gasteiger partial charge in [0.05, 0.1) is 5.56 Å². The molecule has 1 aromatic heterocycles. The van der Waals surface area contributed by atoms with Gasteiger partial charge in [0.1, 0.15) is 5.82 Å². The van der Waals surface area contributed by atoms with Crippen LogP contribution in [0.1, 0.15) is 19.4 Å². The van der Waals surface area contributed by atoms with Crippen LogP contribution >= 0.6 is 11.8 Å². The molecule has 1 saturated heterocycles. The molecule has 1 aromatic rings. The third-order valence-electron chi connectivity index (χ3n) is 3.33. The second kappa shape index (κ2) is 5.48. The van der Waals surface area contributed by atoms with Crippen LogP contribution in [0, 0.1) is 0 Å². The van der Waals surface area contributed by atoms with Crippen LogP contribution in [0.3, 0.4) is 0 Å². The number of pyridine rings is 1. The summed E-state index contributed by atoms with van der Waals surface area (Å²) in [6.07, 6.45) is 1.74. The molecular weight excluding hydrogens is 248 g/mol. The summed E-state index contributed by atoms with van der Waals surface area (Å²) in [5.41, 5.74) is 6.40. The molecule has 5 nitrogen and oxygen atoms in total. The quantitative estimate of drug-likeness (QED) is 0.367. The lowest BCUT2D eigenvalue weighted by Crippen LogP contribution is -2.46. The highest BCUT2D eigenvalue weighted by molar-refractivity contribution is 8.00. The first-order chi connectivity index (χ1) is 8.65. The van der Waals surface area contributed by atoms with Crippen molar-refractivity contribution >= 4 is 23.4 Å². The van der Waals surface area contributed by atoms with Crippen molar-refractivity contribution < 1.29 is 5.21 Å². The van der Waals surface area contributed by atoms with Crippen molar-refractivity contribution in [2.24, 2.45) is 10.9 Å². The van der Waals surface area contributed by atoms with Crippen LogP contribution in [0.4, 0.5) is 5.82 Å². The highest BCUT2D eigenvalue weighted by Crippen LogP contribution is 2.29. The van der Waals surface area contributed by atoms with E-state index < -0.39 is 0 Å². The molecule has 0 radical (unpaired) electrons. The molecule has 1 aliphatic rings. The first-order valence-corrected chi connectivity index (χ1v) is 7.01. The van der Waals surface area contributed by atoms with Gasteiger partial charge in [-0.2, -0.15) is 11.8 Å². The molecule has 0 aliphatic carbocycles. The Labute approximate surface area is 111 Å². The van der Waals surface area contributed by atoms with Gasteiger partial charge in [0, 0.05) is 29.8 Å². The molecule has 0 spiro atoms. The number of oxime groups is 1. The molecule has 0 amide bonds. The molecule has 2 unspecified atom stereocenters. The Kier molecular flexibility index (Phi) is 3.96. The molecule has 2 rings (SSSR count). The van der Waals surface area contributed by atoms with Gasteiger partial charge in [-0.3, -0.25) is 0 Å². The minimum absolute atomic E-state index is 0.108. The van der Waals surface area contributed by atoms with Crippen LogP contribution in [0.25, 0.3) is 0 Å². The van der Waals surface area contributed by atoms with Crippen LogP contribution in [-0.4, -0.2) is 39.6 Å². The number of nitrogens with two attached hydrogens (primary N) is 1. The summed E-state index contributed by atoms with van der Waals surface area (Å²) in [5, 5.41) is 12.5. The molecule has 2 atom stereocenters. The SMILES string of the molecule is CC1SCCN(c2ncccc2/C(N)=N/O)C1C. The van der Waals surface area contributed by atoms with E-state index in [9.17, 15) is 0 Å². The Hall–Kier alpha value is -1.43.